The Labute approximate surface area is 122 Å². The molecule has 0 aliphatic carbocycles. The van der Waals surface area contributed by atoms with Crippen LogP contribution in [0.4, 0.5) is 11.4 Å². The molecule has 1 fully saturated rings. The molecule has 108 valence electrons. The first-order valence-electron chi connectivity index (χ1n) is 6.41. The zero-order valence-electron chi connectivity index (χ0n) is 11.4. The molecule has 1 N–H and O–H groups in total. The van der Waals surface area contributed by atoms with Gasteiger partial charge in [0.1, 0.15) is 0 Å². The lowest BCUT2D eigenvalue weighted by atomic mass is 10.2. The van der Waals surface area contributed by atoms with Crippen LogP contribution in [0.5, 0.6) is 0 Å². The molecule has 1 saturated heterocycles. The predicted octanol–water partition coefficient (Wildman–Crippen LogP) is 2.40. The minimum atomic E-state index is -0.424. The third-order valence-corrected chi connectivity index (χ3v) is 3.38. The Morgan fingerprint density at radius 1 is 1.45 bits per heavy atom. The van der Waals surface area contributed by atoms with E-state index in [1.54, 1.807) is 12.1 Å². The average Bonchev–Trinajstić information content (AvgIpc) is 2.37. The second kappa shape index (κ2) is 6.15. The normalized spacial score (nSPS) is 22.4. The van der Waals surface area contributed by atoms with Crippen LogP contribution in [0.2, 0.25) is 0 Å². The van der Waals surface area contributed by atoms with Crippen LogP contribution in [0.3, 0.4) is 0 Å². The van der Waals surface area contributed by atoms with Crippen molar-refractivity contribution in [2.24, 2.45) is 0 Å². The van der Waals surface area contributed by atoms with Gasteiger partial charge in [-0.1, -0.05) is 6.07 Å². The van der Waals surface area contributed by atoms with E-state index < -0.39 is 4.92 Å². The standard InChI is InChI=1S/C13H17N3O3S/c1-9-7-15(8-10(2)19-9)13(20)14-11-4-3-5-12(6-11)16(17)18/h3-6,9-10H,7-8H2,1-2H3,(H,14,20)/t9-,10-/m1/s1. The Bertz CT molecular complexity index is 513. The number of thiocarbonyl (C=S) groups is 1. The van der Waals surface area contributed by atoms with Gasteiger partial charge in [-0.05, 0) is 32.1 Å². The van der Waals surface area contributed by atoms with E-state index in [0.717, 1.165) is 0 Å². The third kappa shape index (κ3) is 3.64. The van der Waals surface area contributed by atoms with Crippen molar-refractivity contribution in [3.8, 4) is 0 Å². The first-order valence-corrected chi connectivity index (χ1v) is 6.82. The number of benzene rings is 1. The predicted molar refractivity (Wildman–Crippen MR) is 80.9 cm³/mol. The maximum Gasteiger partial charge on any atom is 0.271 e. The SMILES string of the molecule is C[C@@H]1CN(C(=S)Nc2cccc([N+](=O)[O-])c2)C[C@@H](C)O1. The van der Waals surface area contributed by atoms with Gasteiger partial charge >= 0.3 is 0 Å². The molecule has 2 rings (SSSR count). The van der Waals surface area contributed by atoms with Crippen LogP contribution in [0.25, 0.3) is 0 Å². The van der Waals surface area contributed by atoms with Gasteiger partial charge in [0, 0.05) is 30.9 Å². The molecule has 6 nitrogen and oxygen atoms in total. The summed E-state index contributed by atoms with van der Waals surface area (Å²) in [5.41, 5.74) is 0.664. The molecule has 1 heterocycles. The van der Waals surface area contributed by atoms with Crippen molar-refractivity contribution in [2.45, 2.75) is 26.1 Å². The molecule has 20 heavy (non-hydrogen) atoms. The summed E-state index contributed by atoms with van der Waals surface area (Å²) in [5.74, 6) is 0. The Morgan fingerprint density at radius 2 is 2.10 bits per heavy atom. The molecule has 0 saturated carbocycles. The van der Waals surface area contributed by atoms with Gasteiger partial charge < -0.3 is 15.0 Å². The van der Waals surface area contributed by atoms with Crippen LogP contribution in [0.1, 0.15) is 13.8 Å². The van der Waals surface area contributed by atoms with E-state index in [1.165, 1.54) is 12.1 Å². The summed E-state index contributed by atoms with van der Waals surface area (Å²) in [6.07, 6.45) is 0.229. The fraction of sp³-hybridized carbons (Fsp3) is 0.462. The number of hydrogen-bond acceptors (Lipinski definition) is 4. The van der Waals surface area contributed by atoms with Crippen molar-refractivity contribution in [3.63, 3.8) is 0 Å². The minimum absolute atomic E-state index is 0.0431. The number of anilines is 1. The average molecular weight is 295 g/mol. The highest BCUT2D eigenvalue weighted by molar-refractivity contribution is 7.80. The van der Waals surface area contributed by atoms with E-state index >= 15 is 0 Å². The maximum atomic E-state index is 10.7. The van der Waals surface area contributed by atoms with Crippen molar-refractivity contribution < 1.29 is 9.66 Å². The molecule has 1 aliphatic heterocycles. The molecule has 7 heteroatoms. The first-order chi connectivity index (χ1) is 9.45. The Balaban J connectivity index is 2.04. The highest BCUT2D eigenvalue weighted by Crippen LogP contribution is 2.18. The zero-order valence-corrected chi connectivity index (χ0v) is 12.2. The number of ether oxygens (including phenoxy) is 1. The largest absolute Gasteiger partial charge is 0.372 e. The molecular weight excluding hydrogens is 278 g/mol. The fourth-order valence-corrected chi connectivity index (χ4v) is 2.51. The van der Waals surface area contributed by atoms with Gasteiger partial charge in [0.15, 0.2) is 5.11 Å². The zero-order chi connectivity index (χ0) is 14.7. The Kier molecular flexibility index (Phi) is 4.51. The van der Waals surface area contributed by atoms with Crippen LogP contribution < -0.4 is 5.32 Å². The van der Waals surface area contributed by atoms with Gasteiger partial charge in [-0.2, -0.15) is 0 Å². The quantitative estimate of drug-likeness (QED) is 0.513. The molecule has 0 bridgehead atoms. The Hall–Kier alpha value is -1.73. The van der Waals surface area contributed by atoms with Gasteiger partial charge in [0.25, 0.3) is 5.69 Å². The molecule has 2 atom stereocenters. The molecule has 0 spiro atoms. The number of hydrogen-bond donors (Lipinski definition) is 1. The lowest BCUT2D eigenvalue weighted by Gasteiger charge is -2.36. The van der Waals surface area contributed by atoms with Gasteiger partial charge in [0.05, 0.1) is 17.1 Å². The van der Waals surface area contributed by atoms with Crippen molar-refractivity contribution in [2.75, 3.05) is 18.4 Å². The molecule has 1 aromatic carbocycles. The van der Waals surface area contributed by atoms with Crippen LogP contribution in [-0.4, -0.2) is 40.2 Å². The number of nitrogens with zero attached hydrogens (tertiary/aromatic N) is 2. The summed E-state index contributed by atoms with van der Waals surface area (Å²) in [4.78, 5) is 12.3. The van der Waals surface area contributed by atoms with Gasteiger partial charge in [0.2, 0.25) is 0 Å². The number of nitro benzene ring substituents is 1. The van der Waals surface area contributed by atoms with Crippen molar-refractivity contribution in [1.29, 1.82) is 0 Å². The number of nitrogens with one attached hydrogen (secondary N) is 1. The number of morpholine rings is 1. The van der Waals surface area contributed by atoms with Gasteiger partial charge in [-0.25, -0.2) is 0 Å². The number of nitro groups is 1. The molecule has 0 radical (unpaired) electrons. The lowest BCUT2D eigenvalue weighted by molar-refractivity contribution is -0.384. The number of non-ortho nitro benzene ring substituents is 1. The van der Waals surface area contributed by atoms with Gasteiger partial charge in [-0.15, -0.1) is 0 Å². The van der Waals surface area contributed by atoms with E-state index in [1.807, 2.05) is 18.7 Å². The van der Waals surface area contributed by atoms with Gasteiger partial charge in [-0.3, -0.25) is 10.1 Å². The second-order valence-electron chi connectivity index (χ2n) is 4.90. The van der Waals surface area contributed by atoms with Crippen molar-refractivity contribution in [3.05, 3.63) is 34.4 Å². The maximum absolute atomic E-state index is 10.7. The summed E-state index contributed by atoms with van der Waals surface area (Å²) in [5, 5.41) is 14.4. The molecule has 0 unspecified atom stereocenters. The van der Waals surface area contributed by atoms with E-state index in [4.69, 9.17) is 17.0 Å². The smallest absolute Gasteiger partial charge is 0.271 e. The lowest BCUT2D eigenvalue weighted by Crippen LogP contribution is -2.49. The second-order valence-corrected chi connectivity index (χ2v) is 5.29. The minimum Gasteiger partial charge on any atom is -0.372 e. The molecule has 0 amide bonds. The highest BCUT2D eigenvalue weighted by Gasteiger charge is 2.24. The fourth-order valence-electron chi connectivity index (χ4n) is 2.24. The molecule has 1 aliphatic rings. The summed E-state index contributed by atoms with van der Waals surface area (Å²) in [6, 6.07) is 6.31. The monoisotopic (exact) mass is 295 g/mol. The van der Waals surface area contributed by atoms with E-state index in [9.17, 15) is 10.1 Å². The highest BCUT2D eigenvalue weighted by atomic mass is 32.1. The molecule has 0 aromatic heterocycles. The number of rotatable bonds is 2. The first kappa shape index (κ1) is 14.7. The van der Waals surface area contributed by atoms with E-state index in [-0.39, 0.29) is 17.9 Å². The summed E-state index contributed by atoms with van der Waals surface area (Å²) in [7, 11) is 0. The van der Waals surface area contributed by atoms with E-state index in [2.05, 4.69) is 5.32 Å². The third-order valence-electron chi connectivity index (χ3n) is 3.02. The molecule has 1 aromatic rings. The Morgan fingerprint density at radius 3 is 2.70 bits per heavy atom. The van der Waals surface area contributed by atoms with Crippen LogP contribution in [0.15, 0.2) is 24.3 Å². The topological polar surface area (TPSA) is 67.6 Å². The van der Waals surface area contributed by atoms with Crippen molar-refractivity contribution in [1.82, 2.24) is 4.90 Å². The van der Waals surface area contributed by atoms with Crippen LogP contribution >= 0.6 is 12.2 Å². The van der Waals surface area contributed by atoms with Crippen LogP contribution in [-0.2, 0) is 4.74 Å². The van der Waals surface area contributed by atoms with Crippen LogP contribution in [0, 0.1) is 10.1 Å². The van der Waals surface area contributed by atoms with E-state index in [0.29, 0.717) is 23.9 Å². The summed E-state index contributed by atoms with van der Waals surface area (Å²) >= 11 is 5.36. The van der Waals surface area contributed by atoms with Crippen molar-refractivity contribution >= 4 is 28.7 Å². The summed E-state index contributed by atoms with van der Waals surface area (Å²) < 4.78 is 5.65. The summed E-state index contributed by atoms with van der Waals surface area (Å²) in [6.45, 7) is 5.42. The molecular formula is C13H17N3O3S.